The highest BCUT2D eigenvalue weighted by Gasteiger charge is 2.26. The molecular formula is C21H24N2O6. The molecular weight excluding hydrogens is 376 g/mol. The molecule has 8 nitrogen and oxygen atoms in total. The Morgan fingerprint density at radius 1 is 1.28 bits per heavy atom. The molecule has 0 radical (unpaired) electrons. The van der Waals surface area contributed by atoms with Crippen LogP contribution in [0.5, 0.6) is 0 Å². The number of nitrogens with one attached hydrogen (secondary N) is 1. The van der Waals surface area contributed by atoms with Crippen LogP contribution in [-0.2, 0) is 27.2 Å². The Kier molecular flexibility index (Phi) is 5.37. The van der Waals surface area contributed by atoms with Crippen LogP contribution in [0.3, 0.4) is 0 Å². The van der Waals surface area contributed by atoms with Crippen molar-refractivity contribution in [2.45, 2.75) is 45.3 Å². The predicted octanol–water partition coefficient (Wildman–Crippen LogP) is 2.99. The fourth-order valence-corrected chi connectivity index (χ4v) is 3.09. The number of carboxylic acids is 1. The van der Waals surface area contributed by atoms with Gasteiger partial charge in [-0.3, -0.25) is 4.79 Å². The summed E-state index contributed by atoms with van der Waals surface area (Å²) in [5.74, 6) is -0.188. The first-order chi connectivity index (χ1) is 13.5. The topological polar surface area (TPSA) is 109 Å². The van der Waals surface area contributed by atoms with Crippen LogP contribution in [0.4, 0.5) is 10.5 Å². The second-order valence-corrected chi connectivity index (χ2v) is 7.98. The number of hydrogen-bond acceptors (Lipinski definition) is 5. The van der Waals surface area contributed by atoms with E-state index in [4.69, 9.17) is 9.15 Å². The van der Waals surface area contributed by atoms with E-state index in [-0.39, 0.29) is 12.3 Å². The summed E-state index contributed by atoms with van der Waals surface area (Å²) in [6.07, 6.45) is -0.452. The minimum atomic E-state index is -1.19. The van der Waals surface area contributed by atoms with Crippen LogP contribution in [0, 0.1) is 0 Å². The SMILES string of the molecule is CN1C(=O)Cc2ccc(-c3ccc(C[C@H](NC(=O)OC(C)(C)C)C(=O)O)o3)cc21. The Labute approximate surface area is 168 Å². The minimum Gasteiger partial charge on any atom is -0.480 e. The van der Waals surface area contributed by atoms with Crippen molar-refractivity contribution in [1.82, 2.24) is 5.32 Å². The van der Waals surface area contributed by atoms with Crippen molar-refractivity contribution in [3.63, 3.8) is 0 Å². The fourth-order valence-electron chi connectivity index (χ4n) is 3.09. The predicted molar refractivity (Wildman–Crippen MR) is 106 cm³/mol. The summed E-state index contributed by atoms with van der Waals surface area (Å²) in [5, 5.41) is 11.8. The lowest BCUT2D eigenvalue weighted by Gasteiger charge is -2.21. The number of rotatable bonds is 5. The van der Waals surface area contributed by atoms with Gasteiger partial charge in [-0.05, 0) is 44.5 Å². The zero-order valence-corrected chi connectivity index (χ0v) is 16.8. The normalized spacial score (nSPS) is 14.5. The van der Waals surface area contributed by atoms with Crippen LogP contribution in [-0.4, -0.2) is 41.8 Å². The average molecular weight is 400 g/mol. The van der Waals surface area contributed by atoms with E-state index in [0.717, 1.165) is 16.8 Å². The van der Waals surface area contributed by atoms with Crippen molar-refractivity contribution < 1.29 is 28.6 Å². The van der Waals surface area contributed by atoms with Crippen molar-refractivity contribution in [1.29, 1.82) is 0 Å². The van der Waals surface area contributed by atoms with Gasteiger partial charge >= 0.3 is 12.1 Å². The number of ether oxygens (including phenoxy) is 1. The molecule has 1 aromatic heterocycles. The van der Waals surface area contributed by atoms with E-state index in [2.05, 4.69) is 5.32 Å². The fraction of sp³-hybridized carbons (Fsp3) is 0.381. The largest absolute Gasteiger partial charge is 0.480 e. The molecule has 0 bridgehead atoms. The molecule has 1 aliphatic heterocycles. The second kappa shape index (κ2) is 7.62. The van der Waals surface area contributed by atoms with Crippen molar-refractivity contribution >= 4 is 23.7 Å². The molecule has 2 heterocycles. The van der Waals surface area contributed by atoms with E-state index in [1.807, 2.05) is 18.2 Å². The van der Waals surface area contributed by atoms with Gasteiger partial charge in [0.05, 0.1) is 6.42 Å². The molecule has 0 saturated heterocycles. The summed E-state index contributed by atoms with van der Waals surface area (Å²) < 4.78 is 10.9. The molecule has 1 aromatic carbocycles. The summed E-state index contributed by atoms with van der Waals surface area (Å²) in [6.45, 7) is 5.09. The molecule has 0 saturated carbocycles. The molecule has 0 aliphatic carbocycles. The van der Waals surface area contributed by atoms with Gasteiger partial charge in [0.2, 0.25) is 5.91 Å². The smallest absolute Gasteiger partial charge is 0.408 e. The summed E-state index contributed by atoms with van der Waals surface area (Å²) in [5.41, 5.74) is 1.84. The van der Waals surface area contributed by atoms with E-state index in [1.165, 1.54) is 0 Å². The number of nitrogens with zero attached hydrogens (tertiary/aromatic N) is 1. The van der Waals surface area contributed by atoms with Crippen LogP contribution in [0.2, 0.25) is 0 Å². The Morgan fingerprint density at radius 3 is 2.66 bits per heavy atom. The van der Waals surface area contributed by atoms with Crippen molar-refractivity contribution in [2.24, 2.45) is 0 Å². The van der Waals surface area contributed by atoms with E-state index >= 15 is 0 Å². The molecule has 0 spiro atoms. The maximum Gasteiger partial charge on any atom is 0.408 e. The van der Waals surface area contributed by atoms with Gasteiger partial charge in [0.1, 0.15) is 23.2 Å². The monoisotopic (exact) mass is 400 g/mol. The molecule has 3 rings (SSSR count). The van der Waals surface area contributed by atoms with Crippen molar-refractivity contribution in [3.8, 4) is 11.3 Å². The van der Waals surface area contributed by atoms with Crippen LogP contribution < -0.4 is 10.2 Å². The number of amides is 2. The Hall–Kier alpha value is -3.29. The number of furan rings is 1. The number of hydrogen-bond donors (Lipinski definition) is 2. The van der Waals surface area contributed by atoms with Gasteiger partial charge < -0.3 is 24.5 Å². The molecule has 2 aromatic rings. The highest BCUT2D eigenvalue weighted by Crippen LogP contribution is 2.33. The number of anilines is 1. The number of carbonyl (C=O) groups excluding carboxylic acids is 2. The Balaban J connectivity index is 1.73. The molecule has 0 fully saturated rings. The Morgan fingerprint density at radius 2 is 2.00 bits per heavy atom. The lowest BCUT2D eigenvalue weighted by atomic mass is 10.1. The number of carbonyl (C=O) groups is 3. The molecule has 1 aliphatic rings. The number of benzene rings is 1. The molecule has 0 unspecified atom stereocenters. The lowest BCUT2D eigenvalue weighted by molar-refractivity contribution is -0.139. The van der Waals surface area contributed by atoms with E-state index in [1.54, 1.807) is 44.9 Å². The summed E-state index contributed by atoms with van der Waals surface area (Å²) in [6, 6.07) is 7.84. The van der Waals surface area contributed by atoms with Crippen molar-refractivity contribution in [3.05, 3.63) is 41.7 Å². The Bertz CT molecular complexity index is 956. The number of likely N-dealkylation sites (N-methyl/N-ethyl adjacent to an activating group) is 1. The van der Waals surface area contributed by atoms with Gasteiger partial charge in [-0.15, -0.1) is 0 Å². The molecule has 8 heteroatoms. The highest BCUT2D eigenvalue weighted by molar-refractivity contribution is 6.01. The number of carboxylic acid groups (broad SMARTS) is 1. The number of alkyl carbamates (subject to hydrolysis) is 1. The van der Waals surface area contributed by atoms with E-state index < -0.39 is 23.7 Å². The van der Waals surface area contributed by atoms with Gasteiger partial charge in [0.25, 0.3) is 0 Å². The van der Waals surface area contributed by atoms with E-state index in [0.29, 0.717) is 17.9 Å². The van der Waals surface area contributed by atoms with Crippen LogP contribution in [0.1, 0.15) is 32.1 Å². The van der Waals surface area contributed by atoms with Gasteiger partial charge in [-0.1, -0.05) is 12.1 Å². The maximum absolute atomic E-state index is 11.9. The zero-order chi connectivity index (χ0) is 21.3. The van der Waals surface area contributed by atoms with Gasteiger partial charge in [-0.25, -0.2) is 9.59 Å². The average Bonchev–Trinajstić information content (AvgIpc) is 3.17. The third kappa shape index (κ3) is 4.77. The summed E-state index contributed by atoms with van der Waals surface area (Å²) >= 11 is 0. The third-order valence-corrected chi connectivity index (χ3v) is 4.50. The first-order valence-corrected chi connectivity index (χ1v) is 9.24. The molecule has 29 heavy (non-hydrogen) atoms. The van der Waals surface area contributed by atoms with Gasteiger partial charge in [-0.2, -0.15) is 0 Å². The first kappa shape index (κ1) is 20.4. The molecule has 2 N–H and O–H groups in total. The number of aliphatic carboxylic acids is 1. The zero-order valence-electron chi connectivity index (χ0n) is 16.8. The lowest BCUT2D eigenvalue weighted by Crippen LogP contribution is -2.44. The van der Waals surface area contributed by atoms with Crippen molar-refractivity contribution in [2.75, 3.05) is 11.9 Å². The third-order valence-electron chi connectivity index (χ3n) is 4.50. The summed E-state index contributed by atoms with van der Waals surface area (Å²) in [7, 11) is 1.73. The minimum absolute atomic E-state index is 0.0299. The highest BCUT2D eigenvalue weighted by atomic mass is 16.6. The van der Waals surface area contributed by atoms with Crippen LogP contribution in [0.25, 0.3) is 11.3 Å². The number of fused-ring (bicyclic) bond motifs is 1. The summed E-state index contributed by atoms with van der Waals surface area (Å²) in [4.78, 5) is 36.9. The first-order valence-electron chi connectivity index (χ1n) is 9.24. The van der Waals surface area contributed by atoms with Gasteiger partial charge in [0.15, 0.2) is 0 Å². The molecule has 1 atom stereocenters. The molecule has 154 valence electrons. The quantitative estimate of drug-likeness (QED) is 0.799. The maximum atomic E-state index is 11.9. The van der Waals surface area contributed by atoms with Gasteiger partial charge in [0, 0.05) is 24.7 Å². The van der Waals surface area contributed by atoms with Crippen LogP contribution in [0.15, 0.2) is 34.7 Å². The van der Waals surface area contributed by atoms with E-state index in [9.17, 15) is 19.5 Å². The molecule has 2 amide bonds. The van der Waals surface area contributed by atoms with Crippen LogP contribution >= 0.6 is 0 Å². The standard InChI is InChI=1S/C21H24N2O6/c1-21(2,3)29-20(27)22-15(19(25)26)11-14-7-8-17(28-14)13-6-5-12-10-18(24)23(4)16(12)9-13/h5-9,15H,10-11H2,1-4H3,(H,22,27)(H,25,26)/t15-/m0/s1. The second-order valence-electron chi connectivity index (χ2n) is 7.98.